The minimum absolute atomic E-state index is 0.0439. The van der Waals surface area contributed by atoms with Gasteiger partial charge in [0.15, 0.2) is 0 Å². The Morgan fingerprint density at radius 1 is 0.424 bits per heavy atom. The molecule has 0 amide bonds. The number of carbonyl (C=O) groups excluding carboxylic acids is 2. The van der Waals surface area contributed by atoms with Gasteiger partial charge < -0.3 is 34.6 Å². The van der Waals surface area contributed by atoms with Gasteiger partial charge in [-0.3, -0.25) is 27.7 Å². The maximum atomic E-state index is 12.1. The number of ether oxygens (including phenoxy) is 2. The second kappa shape index (κ2) is 44.5. The highest BCUT2D eigenvalue weighted by Gasteiger charge is 2.28. The van der Waals surface area contributed by atoms with E-state index in [2.05, 4.69) is 105 Å². The van der Waals surface area contributed by atoms with Crippen LogP contribution in [0.1, 0.15) is 142 Å². The summed E-state index contributed by atoms with van der Waals surface area (Å²) in [5, 5.41) is 30.0. The molecule has 0 aromatic carbocycles. The smallest absolute Gasteiger partial charge is 0.463 e. The average molecular weight is 973 g/mol. The van der Waals surface area contributed by atoms with Crippen LogP contribution in [0, 0.1) is 0 Å². The molecule has 0 aliphatic carbocycles. The fourth-order valence-corrected chi connectivity index (χ4v) is 7.00. The van der Waals surface area contributed by atoms with Crippen LogP contribution in [0.2, 0.25) is 0 Å². The summed E-state index contributed by atoms with van der Waals surface area (Å²) in [6, 6.07) is 0. The van der Waals surface area contributed by atoms with Crippen LogP contribution in [0.3, 0.4) is 0 Å². The average Bonchev–Trinajstić information content (AvgIpc) is 3.29. The molecule has 5 N–H and O–H groups in total. The summed E-state index contributed by atoms with van der Waals surface area (Å²) >= 11 is 0. The van der Waals surface area contributed by atoms with E-state index in [0.29, 0.717) is 12.8 Å². The van der Waals surface area contributed by atoms with Gasteiger partial charge in [0.2, 0.25) is 0 Å². The third kappa shape index (κ3) is 46.1. The van der Waals surface area contributed by atoms with Crippen LogP contribution in [0.5, 0.6) is 0 Å². The lowest BCUT2D eigenvalue weighted by Gasteiger charge is -2.19. The molecule has 0 fully saturated rings. The van der Waals surface area contributed by atoms with E-state index in [1.807, 2.05) is 12.2 Å². The third-order valence-electron chi connectivity index (χ3n) is 9.06. The van der Waals surface area contributed by atoms with Crippen LogP contribution in [0.15, 0.2) is 97.2 Å². The minimum Gasteiger partial charge on any atom is -0.463 e. The number of allylic oxidation sites excluding steroid dienone is 15. The van der Waals surface area contributed by atoms with Crippen molar-refractivity contribution in [2.75, 3.05) is 39.6 Å². The van der Waals surface area contributed by atoms with Crippen molar-refractivity contribution in [3.63, 3.8) is 0 Å². The van der Waals surface area contributed by atoms with E-state index >= 15 is 0 Å². The molecule has 0 bridgehead atoms. The van der Waals surface area contributed by atoms with Crippen molar-refractivity contribution in [1.82, 2.24) is 0 Å². The van der Waals surface area contributed by atoms with Crippen molar-refractivity contribution in [1.29, 1.82) is 0 Å². The summed E-state index contributed by atoms with van der Waals surface area (Å²) in [5.74, 6) is -1.15. The topological polar surface area (TPSA) is 225 Å². The second-order valence-electron chi connectivity index (χ2n) is 15.4. The Morgan fingerprint density at radius 2 is 0.758 bits per heavy atom. The number of unbranched alkanes of at least 4 members (excludes halogenated alkanes) is 9. The van der Waals surface area contributed by atoms with Gasteiger partial charge in [-0.25, -0.2) is 9.13 Å². The first-order valence-corrected chi connectivity index (χ1v) is 26.6. The number of hydrogen-bond acceptors (Lipinski definition) is 13. The number of aliphatic hydroxyl groups is 3. The van der Waals surface area contributed by atoms with E-state index in [0.717, 1.165) is 64.2 Å². The summed E-state index contributed by atoms with van der Waals surface area (Å²) in [5.41, 5.74) is 0. The molecule has 5 atom stereocenters. The first-order chi connectivity index (χ1) is 31.8. The van der Waals surface area contributed by atoms with Crippen LogP contribution in [0.4, 0.5) is 0 Å². The molecule has 5 unspecified atom stereocenters. The van der Waals surface area contributed by atoms with Crippen molar-refractivity contribution in [2.45, 2.75) is 161 Å². The van der Waals surface area contributed by atoms with Gasteiger partial charge in [-0.05, 0) is 77.0 Å². The molecule has 0 radical (unpaired) electrons. The fraction of sp³-hybridized carbons (Fsp3) is 0.633. The first-order valence-electron chi connectivity index (χ1n) is 23.6. The van der Waals surface area contributed by atoms with Crippen LogP contribution in [0.25, 0.3) is 0 Å². The molecule has 378 valence electrons. The predicted molar refractivity (Wildman–Crippen MR) is 260 cm³/mol. The van der Waals surface area contributed by atoms with Gasteiger partial charge in [-0.2, -0.15) is 0 Å². The van der Waals surface area contributed by atoms with E-state index in [1.54, 1.807) is 12.2 Å². The maximum Gasteiger partial charge on any atom is 0.472 e. The summed E-state index contributed by atoms with van der Waals surface area (Å²) < 4.78 is 52.8. The first kappa shape index (κ1) is 63.0. The Morgan fingerprint density at radius 3 is 1.17 bits per heavy atom. The molecule has 0 saturated heterocycles. The van der Waals surface area contributed by atoms with E-state index in [-0.39, 0.29) is 12.8 Å². The number of hydrogen-bond donors (Lipinski definition) is 5. The largest absolute Gasteiger partial charge is 0.472 e. The van der Waals surface area contributed by atoms with Crippen molar-refractivity contribution < 1.29 is 71.4 Å². The summed E-state index contributed by atoms with van der Waals surface area (Å²) in [4.78, 5) is 43.6. The number of phosphoric ester groups is 2. The summed E-state index contributed by atoms with van der Waals surface area (Å²) in [7, 11) is -9.61. The number of carbonyl (C=O) groups is 2. The van der Waals surface area contributed by atoms with Crippen molar-refractivity contribution in [3.05, 3.63) is 97.2 Å². The molecular weight excluding hydrogens is 890 g/mol. The Bertz CT molecular complexity index is 1550. The van der Waals surface area contributed by atoms with Crippen LogP contribution >= 0.6 is 15.6 Å². The normalized spacial score (nSPS) is 15.9. The SMILES string of the molecule is CC/C=C\C/C=C\C/C=C\C/C=C\C/C=C\C/C=C\C/C=C\CC(=O)OCC(O)COP(=O)(O)OCC(O)COP(=O)(O)OCC(O)COC(=O)CCCCC/C=C\CCCCCCCC. The molecule has 0 aliphatic heterocycles. The van der Waals surface area contributed by atoms with E-state index in [4.69, 9.17) is 9.47 Å². The van der Waals surface area contributed by atoms with Gasteiger partial charge in [-0.15, -0.1) is 0 Å². The Kier molecular flexibility index (Phi) is 42.4. The monoisotopic (exact) mass is 973 g/mol. The molecule has 0 saturated carbocycles. The lowest BCUT2D eigenvalue weighted by molar-refractivity contribution is -0.147. The lowest BCUT2D eigenvalue weighted by atomic mass is 10.1. The van der Waals surface area contributed by atoms with Gasteiger partial charge in [0.25, 0.3) is 0 Å². The molecular formula is C49H82O15P2. The van der Waals surface area contributed by atoms with E-state index in [1.165, 1.54) is 38.5 Å². The lowest BCUT2D eigenvalue weighted by Crippen LogP contribution is -2.25. The zero-order chi connectivity index (χ0) is 48.8. The molecule has 0 aromatic rings. The number of phosphoric acid groups is 2. The zero-order valence-electron chi connectivity index (χ0n) is 39.6. The quantitative estimate of drug-likeness (QED) is 0.0166. The molecule has 17 heteroatoms. The van der Waals surface area contributed by atoms with Gasteiger partial charge in [-0.1, -0.05) is 150 Å². The van der Waals surface area contributed by atoms with E-state index in [9.17, 15) is 43.8 Å². The number of aliphatic hydroxyl groups excluding tert-OH is 3. The predicted octanol–water partition coefficient (Wildman–Crippen LogP) is 10.7. The maximum absolute atomic E-state index is 12.1. The van der Waals surface area contributed by atoms with Gasteiger partial charge >= 0.3 is 27.6 Å². The molecule has 15 nitrogen and oxygen atoms in total. The second-order valence-corrected chi connectivity index (χ2v) is 18.3. The molecule has 66 heavy (non-hydrogen) atoms. The summed E-state index contributed by atoms with van der Waals surface area (Å²) in [6.07, 6.45) is 47.2. The number of esters is 2. The van der Waals surface area contributed by atoms with Crippen LogP contribution in [-0.2, 0) is 46.3 Å². The molecule has 0 aromatic heterocycles. The Labute approximate surface area is 395 Å². The van der Waals surface area contributed by atoms with Crippen molar-refractivity contribution in [2.24, 2.45) is 0 Å². The van der Waals surface area contributed by atoms with Crippen molar-refractivity contribution >= 4 is 27.6 Å². The molecule has 0 spiro atoms. The Hall–Kier alpha value is -3.04. The van der Waals surface area contributed by atoms with Gasteiger partial charge in [0.1, 0.15) is 31.5 Å². The zero-order valence-corrected chi connectivity index (χ0v) is 41.4. The Balaban J connectivity index is 4.02. The highest BCUT2D eigenvalue weighted by Crippen LogP contribution is 2.45. The molecule has 0 rings (SSSR count). The molecule has 0 aliphatic rings. The molecule has 0 heterocycles. The third-order valence-corrected chi connectivity index (χ3v) is 11.0. The fourth-order valence-electron chi connectivity index (χ4n) is 5.41. The number of rotatable bonds is 44. The van der Waals surface area contributed by atoms with E-state index < -0.39 is 85.5 Å². The van der Waals surface area contributed by atoms with Crippen LogP contribution in [-0.4, -0.2) is 95.0 Å². The van der Waals surface area contributed by atoms with Gasteiger partial charge in [0.05, 0.1) is 32.8 Å². The highest BCUT2D eigenvalue weighted by molar-refractivity contribution is 7.47. The van der Waals surface area contributed by atoms with Gasteiger partial charge in [0, 0.05) is 6.42 Å². The van der Waals surface area contributed by atoms with Crippen molar-refractivity contribution in [3.8, 4) is 0 Å². The minimum atomic E-state index is -4.81. The van der Waals surface area contributed by atoms with Crippen LogP contribution < -0.4 is 0 Å². The highest BCUT2D eigenvalue weighted by atomic mass is 31.2. The summed E-state index contributed by atoms with van der Waals surface area (Å²) in [6.45, 7) is 0.128. The standard InChI is InChI=1S/C49H82O15P2/c1-3-5-7-9-11-13-15-17-18-19-20-21-22-23-24-26-28-30-32-34-36-38-49(54)60-40-46(51)42-62-66(57,58)64-44-47(52)43-63-65(55,56)61-41-45(50)39-59-48(53)37-35-33-31-29-27-25-16-14-12-10-8-6-4-2/h5,7,11,13,17-18,20-21,23-25,27-28,30,34,36,45-47,50-52H,3-4,6,8-10,12,14-16,19,22,26,29,31-33,35,37-44H2,1-2H3,(H,55,56)(H,57,58)/b7-5-,13-11-,18-17-,21-20-,24-23-,27-25-,30-28-,36-34-.